The number of hydrogen-bond acceptors (Lipinski definition) is 4. The smallest absolute Gasteiger partial charge is 0.348 e. The molecule has 0 aliphatic carbocycles. The lowest BCUT2D eigenvalue weighted by Crippen LogP contribution is -2.52. The normalized spacial score (nSPS) is 25.0. The fourth-order valence-electron chi connectivity index (χ4n) is 1.65. The average Bonchev–Trinajstić information content (AvgIpc) is 2.07. The van der Waals surface area contributed by atoms with Gasteiger partial charge in [0.2, 0.25) is 6.10 Å². The predicted octanol–water partition coefficient (Wildman–Crippen LogP) is 1.92. The van der Waals surface area contributed by atoms with Crippen LogP contribution in [0.5, 0.6) is 0 Å². The van der Waals surface area contributed by atoms with E-state index in [4.69, 9.17) is 9.47 Å². The average molecular weight is 228 g/mol. The summed E-state index contributed by atoms with van der Waals surface area (Å²) in [7, 11) is 0. The molecule has 0 spiro atoms. The van der Waals surface area contributed by atoms with Crippen LogP contribution >= 0.6 is 0 Å². The van der Waals surface area contributed by atoms with Crippen LogP contribution < -0.4 is 0 Å². The van der Waals surface area contributed by atoms with Crippen molar-refractivity contribution in [3.8, 4) is 0 Å². The molecule has 1 fully saturated rings. The van der Waals surface area contributed by atoms with Crippen LogP contribution in [0, 0.1) is 11.8 Å². The molecule has 1 saturated heterocycles. The number of ether oxygens (including phenoxy) is 2. The number of cyclic esters (lactones) is 1. The minimum atomic E-state index is -0.700. The van der Waals surface area contributed by atoms with Gasteiger partial charge in [-0.05, 0) is 33.1 Å². The van der Waals surface area contributed by atoms with Crippen molar-refractivity contribution in [1.82, 2.24) is 0 Å². The van der Waals surface area contributed by atoms with Crippen LogP contribution in [-0.2, 0) is 19.1 Å². The molecule has 92 valence electrons. The van der Waals surface area contributed by atoms with Gasteiger partial charge in [-0.2, -0.15) is 0 Å². The highest BCUT2D eigenvalue weighted by Gasteiger charge is 2.48. The summed E-state index contributed by atoms with van der Waals surface area (Å²) in [5.74, 6) is -0.681. The number of carbonyl (C=O) groups is 2. The Bertz CT molecular complexity index is 288. The van der Waals surface area contributed by atoms with E-state index in [2.05, 4.69) is 0 Å². The maximum atomic E-state index is 11.7. The third kappa shape index (κ3) is 3.22. The maximum Gasteiger partial charge on any atom is 0.348 e. The molecule has 1 heterocycles. The zero-order valence-corrected chi connectivity index (χ0v) is 10.6. The highest BCUT2D eigenvalue weighted by molar-refractivity contribution is 5.91. The summed E-state index contributed by atoms with van der Waals surface area (Å²) in [5.41, 5.74) is -0.540. The van der Waals surface area contributed by atoms with Crippen molar-refractivity contribution in [3.63, 3.8) is 0 Å². The predicted molar refractivity (Wildman–Crippen MR) is 58.7 cm³/mol. The third-order valence-electron chi connectivity index (χ3n) is 2.28. The third-order valence-corrected chi connectivity index (χ3v) is 2.28. The molecule has 0 N–H and O–H groups in total. The topological polar surface area (TPSA) is 52.6 Å². The molecule has 0 aromatic heterocycles. The van der Waals surface area contributed by atoms with E-state index >= 15 is 0 Å². The van der Waals surface area contributed by atoms with E-state index in [-0.39, 0.29) is 11.9 Å². The van der Waals surface area contributed by atoms with Gasteiger partial charge < -0.3 is 9.47 Å². The van der Waals surface area contributed by atoms with Gasteiger partial charge in [0, 0.05) is 0 Å². The van der Waals surface area contributed by atoms with Crippen LogP contribution in [0.3, 0.4) is 0 Å². The first-order valence-electron chi connectivity index (χ1n) is 5.64. The van der Waals surface area contributed by atoms with Crippen molar-refractivity contribution in [2.24, 2.45) is 11.8 Å². The monoisotopic (exact) mass is 228 g/mol. The maximum absolute atomic E-state index is 11.7. The van der Waals surface area contributed by atoms with E-state index in [1.165, 1.54) is 0 Å². The van der Waals surface area contributed by atoms with E-state index in [9.17, 15) is 9.59 Å². The molecule has 0 aromatic carbocycles. The molecule has 0 amide bonds. The van der Waals surface area contributed by atoms with E-state index in [1.807, 2.05) is 13.8 Å². The van der Waals surface area contributed by atoms with Crippen molar-refractivity contribution in [2.45, 2.75) is 52.7 Å². The molecule has 2 atom stereocenters. The number of rotatable bonds is 3. The molecule has 0 bridgehead atoms. The summed E-state index contributed by atoms with van der Waals surface area (Å²) in [5, 5.41) is 0. The van der Waals surface area contributed by atoms with Crippen molar-refractivity contribution in [2.75, 3.05) is 0 Å². The minimum Gasteiger partial charge on any atom is -0.457 e. The SMILES string of the molecule is CC(C)C[C@@H]1C(=O)O[C@H]1C(=O)OC(C)(C)C. The lowest BCUT2D eigenvalue weighted by atomic mass is 9.88. The first kappa shape index (κ1) is 13.0. The van der Waals surface area contributed by atoms with Gasteiger partial charge in [-0.1, -0.05) is 13.8 Å². The van der Waals surface area contributed by atoms with E-state index in [0.717, 1.165) is 0 Å². The molecule has 0 saturated carbocycles. The van der Waals surface area contributed by atoms with Gasteiger partial charge >= 0.3 is 11.9 Å². The molecule has 16 heavy (non-hydrogen) atoms. The van der Waals surface area contributed by atoms with Gasteiger partial charge in [0.05, 0.1) is 0 Å². The quantitative estimate of drug-likeness (QED) is 0.692. The van der Waals surface area contributed by atoms with Crippen molar-refractivity contribution in [1.29, 1.82) is 0 Å². The zero-order chi connectivity index (χ0) is 12.5. The van der Waals surface area contributed by atoms with Crippen LogP contribution in [0.25, 0.3) is 0 Å². The standard InChI is InChI=1S/C12H20O4/c1-7(2)6-8-9(15-10(8)13)11(14)16-12(3,4)5/h7-9H,6H2,1-5H3/t8-,9+/m0/s1. The van der Waals surface area contributed by atoms with Gasteiger partial charge in [-0.15, -0.1) is 0 Å². The Morgan fingerprint density at radius 1 is 1.44 bits per heavy atom. The van der Waals surface area contributed by atoms with Crippen LogP contribution in [0.15, 0.2) is 0 Å². The van der Waals surface area contributed by atoms with Crippen LogP contribution in [0.4, 0.5) is 0 Å². The molecular weight excluding hydrogens is 208 g/mol. The van der Waals surface area contributed by atoms with Crippen molar-refractivity contribution < 1.29 is 19.1 Å². The summed E-state index contributed by atoms with van der Waals surface area (Å²) in [4.78, 5) is 22.9. The lowest BCUT2D eigenvalue weighted by molar-refractivity contribution is -0.204. The first-order chi connectivity index (χ1) is 7.20. The highest BCUT2D eigenvalue weighted by atomic mass is 16.6. The van der Waals surface area contributed by atoms with Crippen molar-refractivity contribution in [3.05, 3.63) is 0 Å². The molecule has 4 heteroatoms. The van der Waals surface area contributed by atoms with Crippen LogP contribution in [-0.4, -0.2) is 23.6 Å². The van der Waals surface area contributed by atoms with E-state index < -0.39 is 17.7 Å². The lowest BCUT2D eigenvalue weighted by Gasteiger charge is -2.35. The van der Waals surface area contributed by atoms with Gasteiger partial charge in [0.25, 0.3) is 0 Å². The Morgan fingerprint density at radius 2 is 2.00 bits per heavy atom. The Hall–Kier alpha value is -1.06. The number of carbonyl (C=O) groups excluding carboxylic acids is 2. The molecular formula is C12H20O4. The van der Waals surface area contributed by atoms with Gasteiger partial charge in [-0.25, -0.2) is 4.79 Å². The Kier molecular flexibility index (Phi) is 3.61. The summed E-state index contributed by atoms with van der Waals surface area (Å²) in [6.45, 7) is 9.41. The molecule has 1 aliphatic rings. The van der Waals surface area contributed by atoms with Gasteiger partial charge in [0.15, 0.2) is 0 Å². The Morgan fingerprint density at radius 3 is 2.38 bits per heavy atom. The largest absolute Gasteiger partial charge is 0.457 e. The van der Waals surface area contributed by atoms with Crippen molar-refractivity contribution >= 4 is 11.9 Å². The zero-order valence-electron chi connectivity index (χ0n) is 10.6. The molecule has 0 radical (unpaired) electrons. The second-order valence-electron chi connectivity index (χ2n) is 5.63. The summed E-state index contributed by atoms with van der Waals surface area (Å²) in [6, 6.07) is 0. The molecule has 4 nitrogen and oxygen atoms in total. The molecule has 0 aromatic rings. The number of hydrogen-bond donors (Lipinski definition) is 0. The molecule has 0 unspecified atom stereocenters. The minimum absolute atomic E-state index is 0.287. The van der Waals surface area contributed by atoms with E-state index in [1.54, 1.807) is 20.8 Å². The highest BCUT2D eigenvalue weighted by Crippen LogP contribution is 2.30. The van der Waals surface area contributed by atoms with E-state index in [0.29, 0.717) is 12.3 Å². The van der Waals surface area contributed by atoms with Crippen LogP contribution in [0.2, 0.25) is 0 Å². The van der Waals surface area contributed by atoms with Gasteiger partial charge in [-0.3, -0.25) is 4.79 Å². The van der Waals surface area contributed by atoms with Crippen LogP contribution in [0.1, 0.15) is 41.0 Å². The second-order valence-corrected chi connectivity index (χ2v) is 5.63. The fraction of sp³-hybridized carbons (Fsp3) is 0.833. The number of esters is 2. The Balaban J connectivity index is 2.55. The van der Waals surface area contributed by atoms with Gasteiger partial charge in [0.1, 0.15) is 11.5 Å². The first-order valence-corrected chi connectivity index (χ1v) is 5.64. The molecule has 1 aliphatic heterocycles. The summed E-state index contributed by atoms with van der Waals surface area (Å²) < 4.78 is 10.0. The second kappa shape index (κ2) is 4.44. The fourth-order valence-corrected chi connectivity index (χ4v) is 1.65. The molecule has 1 rings (SSSR count). The summed E-state index contributed by atoms with van der Waals surface area (Å²) in [6.07, 6.45) is -0.0305. The summed E-state index contributed by atoms with van der Waals surface area (Å²) >= 11 is 0. The Labute approximate surface area is 96.3 Å².